The molecule has 0 saturated carbocycles. The third kappa shape index (κ3) is 6.06. The first kappa shape index (κ1) is 25.7. The first-order chi connectivity index (χ1) is 13.1. The van der Waals surface area contributed by atoms with Crippen molar-refractivity contribution in [2.75, 3.05) is 20.2 Å². The minimum atomic E-state index is -0.687. The average molecular weight is 433 g/mol. The van der Waals surface area contributed by atoms with Crippen LogP contribution < -0.4 is 16.0 Å². The molecule has 3 amide bonds. The first-order valence-electron chi connectivity index (χ1n) is 10.3. The Labute approximate surface area is 180 Å². The van der Waals surface area contributed by atoms with Gasteiger partial charge in [0.05, 0.1) is 12.6 Å². The third-order valence-corrected chi connectivity index (χ3v) is 5.71. The number of carbonyl (C=O) groups is 3. The van der Waals surface area contributed by atoms with E-state index >= 15 is 0 Å². The number of amides is 3. The van der Waals surface area contributed by atoms with Gasteiger partial charge in [-0.2, -0.15) is 0 Å². The molecule has 0 radical (unpaired) electrons. The summed E-state index contributed by atoms with van der Waals surface area (Å²) in [5, 5.41) is 8.67. The molecule has 0 aliphatic carbocycles. The number of nitrogens with one attached hydrogen (secondary N) is 3. The highest BCUT2D eigenvalue weighted by Crippen LogP contribution is 2.42. The van der Waals surface area contributed by atoms with Crippen LogP contribution in [0.5, 0.6) is 0 Å². The topological polar surface area (TPSA) is 99.8 Å². The van der Waals surface area contributed by atoms with E-state index in [1.165, 1.54) is 0 Å². The monoisotopic (exact) mass is 432 g/mol. The van der Waals surface area contributed by atoms with E-state index < -0.39 is 29.8 Å². The van der Waals surface area contributed by atoms with Crippen molar-refractivity contribution < 1.29 is 19.1 Å². The van der Waals surface area contributed by atoms with Crippen LogP contribution in [0.1, 0.15) is 53.9 Å². The number of halogens is 1. The normalized spacial score (nSPS) is 26.9. The maximum Gasteiger partial charge on any atom is 0.247 e. The van der Waals surface area contributed by atoms with Crippen LogP contribution in [-0.4, -0.2) is 67.2 Å². The number of hydrogen-bond acceptors (Lipinski definition) is 5. The number of rotatable bonds is 7. The number of likely N-dealkylation sites (N-methyl/N-ethyl adjacent to an activating group) is 1. The number of hydrogen-bond donors (Lipinski definition) is 3. The summed E-state index contributed by atoms with van der Waals surface area (Å²) in [6, 6.07) is -1.71. The summed E-state index contributed by atoms with van der Waals surface area (Å²) >= 11 is 0. The summed E-state index contributed by atoms with van der Waals surface area (Å²) in [4.78, 5) is 40.1. The standard InChI is InChI=1S/C20H36N4O4.ClH/c1-12(2)7-9-22-18(26)16-20(4,5)11-15-24(16)19(27)14(8-10-28-15)23-17(25)13(3)21-6;/h12-16,21H,7-11H2,1-6H3,(H,22,26)(H,23,25);1H/t13?,14-,15-,16+;/m0./s1. The van der Waals surface area contributed by atoms with Crippen LogP contribution >= 0.6 is 12.4 Å². The van der Waals surface area contributed by atoms with Gasteiger partial charge in [-0.05, 0) is 38.1 Å². The molecule has 2 aliphatic heterocycles. The van der Waals surface area contributed by atoms with Crippen molar-refractivity contribution in [2.45, 2.75) is 78.2 Å². The summed E-state index contributed by atoms with van der Waals surface area (Å²) in [7, 11) is 1.69. The zero-order valence-corrected chi connectivity index (χ0v) is 19.2. The van der Waals surface area contributed by atoms with Crippen molar-refractivity contribution >= 4 is 30.1 Å². The van der Waals surface area contributed by atoms with Crippen molar-refractivity contribution in [3.8, 4) is 0 Å². The fourth-order valence-electron chi connectivity index (χ4n) is 3.86. The maximum atomic E-state index is 13.3. The Bertz CT molecular complexity index is 599. The number of carbonyl (C=O) groups excluding carboxylic acids is 3. The molecule has 0 aromatic rings. The van der Waals surface area contributed by atoms with E-state index in [2.05, 4.69) is 29.8 Å². The van der Waals surface area contributed by atoms with Gasteiger partial charge in [0.15, 0.2) is 0 Å². The molecule has 2 aliphatic rings. The first-order valence-corrected chi connectivity index (χ1v) is 10.3. The Kier molecular flexibility index (Phi) is 9.37. The molecule has 3 N–H and O–H groups in total. The summed E-state index contributed by atoms with van der Waals surface area (Å²) < 4.78 is 5.91. The fraction of sp³-hybridized carbons (Fsp3) is 0.850. The lowest BCUT2D eigenvalue weighted by atomic mass is 9.83. The van der Waals surface area contributed by atoms with Crippen molar-refractivity contribution in [2.24, 2.45) is 11.3 Å². The van der Waals surface area contributed by atoms with Crippen LogP contribution in [0.25, 0.3) is 0 Å². The molecule has 8 nitrogen and oxygen atoms in total. The van der Waals surface area contributed by atoms with Gasteiger partial charge in [0.25, 0.3) is 0 Å². The van der Waals surface area contributed by atoms with E-state index in [0.717, 1.165) is 6.42 Å². The summed E-state index contributed by atoms with van der Waals surface area (Å²) in [5.74, 6) is -0.147. The predicted octanol–water partition coefficient (Wildman–Crippen LogP) is 1.04. The molecule has 4 atom stereocenters. The van der Waals surface area contributed by atoms with Gasteiger partial charge in [0.1, 0.15) is 18.3 Å². The molecule has 29 heavy (non-hydrogen) atoms. The summed E-state index contributed by atoms with van der Waals surface area (Å²) in [6.07, 6.45) is 1.44. The van der Waals surface area contributed by atoms with Crippen LogP contribution in [0.2, 0.25) is 0 Å². The lowest BCUT2D eigenvalue weighted by Gasteiger charge is -2.33. The lowest BCUT2D eigenvalue weighted by Crippen LogP contribution is -2.58. The molecule has 0 aromatic carbocycles. The molecule has 2 rings (SSSR count). The van der Waals surface area contributed by atoms with Gasteiger partial charge >= 0.3 is 0 Å². The van der Waals surface area contributed by atoms with Gasteiger partial charge in [-0.25, -0.2) is 0 Å². The molecule has 0 bridgehead atoms. The molecule has 2 saturated heterocycles. The van der Waals surface area contributed by atoms with Gasteiger partial charge < -0.3 is 25.6 Å². The highest BCUT2D eigenvalue weighted by atomic mass is 35.5. The van der Waals surface area contributed by atoms with E-state index in [0.29, 0.717) is 31.9 Å². The van der Waals surface area contributed by atoms with Gasteiger partial charge in [-0.3, -0.25) is 14.4 Å². The van der Waals surface area contributed by atoms with E-state index in [4.69, 9.17) is 4.74 Å². The van der Waals surface area contributed by atoms with E-state index in [9.17, 15) is 14.4 Å². The third-order valence-electron chi connectivity index (χ3n) is 5.71. The zero-order valence-electron chi connectivity index (χ0n) is 18.4. The minimum Gasteiger partial charge on any atom is -0.358 e. The van der Waals surface area contributed by atoms with E-state index in [1.807, 2.05) is 13.8 Å². The summed E-state index contributed by atoms with van der Waals surface area (Å²) in [5.41, 5.74) is -0.410. The Morgan fingerprint density at radius 1 is 1.28 bits per heavy atom. The molecule has 2 heterocycles. The molecule has 1 unspecified atom stereocenters. The second-order valence-corrected chi connectivity index (χ2v) is 9.00. The van der Waals surface area contributed by atoms with Crippen LogP contribution in [0.3, 0.4) is 0 Å². The quantitative estimate of drug-likeness (QED) is 0.558. The van der Waals surface area contributed by atoms with E-state index in [1.54, 1.807) is 18.9 Å². The van der Waals surface area contributed by atoms with Gasteiger partial charge in [-0.15, -0.1) is 12.4 Å². The molecular weight excluding hydrogens is 396 g/mol. The minimum absolute atomic E-state index is 0. The molecule has 2 fully saturated rings. The Morgan fingerprint density at radius 3 is 2.52 bits per heavy atom. The largest absolute Gasteiger partial charge is 0.358 e. The van der Waals surface area contributed by atoms with Crippen molar-refractivity contribution in [1.29, 1.82) is 0 Å². The van der Waals surface area contributed by atoms with Gasteiger partial charge in [0, 0.05) is 13.0 Å². The van der Waals surface area contributed by atoms with Gasteiger partial charge in [0.2, 0.25) is 17.7 Å². The SMILES string of the molecule is CNC(C)C(=O)N[C@H]1CCO[C@H]2CC(C)(C)[C@@H](C(=O)NCCC(C)C)N2C1=O.Cl. The van der Waals surface area contributed by atoms with Crippen molar-refractivity contribution in [1.82, 2.24) is 20.9 Å². The number of ether oxygens (including phenoxy) is 1. The smallest absolute Gasteiger partial charge is 0.247 e. The molecule has 0 spiro atoms. The predicted molar refractivity (Wildman–Crippen MR) is 114 cm³/mol. The number of nitrogens with zero attached hydrogens (tertiary/aromatic N) is 1. The Balaban J connectivity index is 0.00000420. The lowest BCUT2D eigenvalue weighted by molar-refractivity contribution is -0.149. The maximum absolute atomic E-state index is 13.3. The molecule has 168 valence electrons. The van der Waals surface area contributed by atoms with Crippen LogP contribution in [0.15, 0.2) is 0 Å². The van der Waals surface area contributed by atoms with Crippen molar-refractivity contribution in [3.63, 3.8) is 0 Å². The van der Waals surface area contributed by atoms with Crippen molar-refractivity contribution in [3.05, 3.63) is 0 Å². The van der Waals surface area contributed by atoms with E-state index in [-0.39, 0.29) is 30.1 Å². The second-order valence-electron chi connectivity index (χ2n) is 9.00. The second kappa shape index (κ2) is 10.6. The van der Waals surface area contributed by atoms with Gasteiger partial charge in [-0.1, -0.05) is 27.7 Å². The zero-order chi connectivity index (χ0) is 21.1. The van der Waals surface area contributed by atoms with Crippen LogP contribution in [-0.2, 0) is 19.1 Å². The molecular formula is C20H37ClN4O4. The summed E-state index contributed by atoms with van der Waals surface area (Å²) in [6.45, 7) is 10.9. The number of fused-ring (bicyclic) bond motifs is 1. The molecule has 0 aromatic heterocycles. The average Bonchev–Trinajstić information content (AvgIpc) is 2.80. The highest BCUT2D eigenvalue weighted by molar-refractivity contribution is 5.94. The molecule has 9 heteroatoms. The Hall–Kier alpha value is -1.38. The van der Waals surface area contributed by atoms with Crippen LogP contribution in [0, 0.1) is 11.3 Å². The Morgan fingerprint density at radius 2 is 1.93 bits per heavy atom. The van der Waals surface area contributed by atoms with Crippen LogP contribution in [0.4, 0.5) is 0 Å². The fourth-order valence-corrected chi connectivity index (χ4v) is 3.86. The highest BCUT2D eigenvalue weighted by Gasteiger charge is 2.54.